The van der Waals surface area contributed by atoms with Gasteiger partial charge >= 0.3 is 0 Å². The van der Waals surface area contributed by atoms with Gasteiger partial charge in [0, 0.05) is 0 Å². The molecule has 0 saturated carbocycles. The average Bonchev–Trinajstić information content (AvgIpc) is 2.52. The minimum absolute atomic E-state index is 1.18. The first-order valence-electron chi connectivity index (χ1n) is 9.41. The lowest BCUT2D eigenvalue weighted by Gasteiger charge is -2.01. The first-order valence-corrected chi connectivity index (χ1v) is 11.0. The number of hydrogen-bond donors (Lipinski definition) is 0. The van der Waals surface area contributed by atoms with E-state index in [1.54, 1.807) is 0 Å². The number of rotatable bonds is 15. The van der Waals surface area contributed by atoms with Crippen LogP contribution in [0.2, 0.25) is 0 Å². The van der Waals surface area contributed by atoms with Gasteiger partial charge in [-0.25, -0.2) is 0 Å². The molecule has 0 rings (SSSR count). The predicted octanol–water partition coefficient (Wildman–Crippen LogP) is 9.05. The van der Waals surface area contributed by atoms with Crippen molar-refractivity contribution >= 4 is 31.9 Å². The second kappa shape index (κ2) is 17.8. The molecule has 0 amide bonds. The van der Waals surface area contributed by atoms with E-state index in [0.29, 0.717) is 0 Å². The van der Waals surface area contributed by atoms with Crippen molar-refractivity contribution in [3.63, 3.8) is 0 Å². The van der Waals surface area contributed by atoms with Crippen molar-refractivity contribution in [2.24, 2.45) is 0 Å². The standard InChI is InChI=1S/C20H36Br2/c1-3-5-7-9-11-13-15-19(21)17-18-20(22)16-14-12-10-8-6-4-2/h17-18H,3-16H2,1-2H3/b19-17-,20-18-. The summed E-state index contributed by atoms with van der Waals surface area (Å²) in [6.45, 7) is 4.55. The summed E-state index contributed by atoms with van der Waals surface area (Å²) in [7, 11) is 0. The summed E-state index contributed by atoms with van der Waals surface area (Å²) >= 11 is 7.39. The lowest BCUT2D eigenvalue weighted by Crippen LogP contribution is -1.81. The van der Waals surface area contributed by atoms with E-state index in [-0.39, 0.29) is 0 Å². The van der Waals surface area contributed by atoms with Crippen LogP contribution in [0.25, 0.3) is 0 Å². The van der Waals surface area contributed by atoms with Crippen molar-refractivity contribution in [2.75, 3.05) is 0 Å². The maximum Gasteiger partial charge on any atom is -0.00491 e. The van der Waals surface area contributed by atoms with E-state index in [9.17, 15) is 0 Å². The minimum atomic E-state index is 1.18. The fraction of sp³-hybridized carbons (Fsp3) is 0.800. The summed E-state index contributed by atoms with van der Waals surface area (Å²) in [5.74, 6) is 0. The van der Waals surface area contributed by atoms with Gasteiger partial charge in [-0.15, -0.1) is 0 Å². The zero-order valence-corrected chi connectivity index (χ0v) is 18.0. The second-order valence-corrected chi connectivity index (χ2v) is 8.30. The molecule has 0 aromatic carbocycles. The highest BCUT2D eigenvalue weighted by Crippen LogP contribution is 2.20. The fourth-order valence-corrected chi connectivity index (χ4v) is 3.32. The molecule has 0 nitrogen and oxygen atoms in total. The third-order valence-electron chi connectivity index (χ3n) is 3.98. The third-order valence-corrected chi connectivity index (χ3v) is 5.31. The van der Waals surface area contributed by atoms with E-state index in [2.05, 4.69) is 57.9 Å². The van der Waals surface area contributed by atoms with Crippen LogP contribution in [0.15, 0.2) is 21.1 Å². The first-order chi connectivity index (χ1) is 10.7. The van der Waals surface area contributed by atoms with Crippen LogP contribution in [-0.2, 0) is 0 Å². The van der Waals surface area contributed by atoms with Crippen LogP contribution in [0.3, 0.4) is 0 Å². The average molecular weight is 436 g/mol. The summed E-state index contributed by atoms with van der Waals surface area (Å²) in [5.41, 5.74) is 0. The van der Waals surface area contributed by atoms with Crippen molar-refractivity contribution in [1.29, 1.82) is 0 Å². The van der Waals surface area contributed by atoms with E-state index in [4.69, 9.17) is 0 Å². The van der Waals surface area contributed by atoms with Crippen molar-refractivity contribution in [2.45, 2.75) is 104 Å². The van der Waals surface area contributed by atoms with E-state index < -0.39 is 0 Å². The molecule has 0 aromatic rings. The van der Waals surface area contributed by atoms with Crippen LogP contribution in [0.4, 0.5) is 0 Å². The van der Waals surface area contributed by atoms with Gasteiger partial charge < -0.3 is 0 Å². The van der Waals surface area contributed by atoms with Crippen molar-refractivity contribution < 1.29 is 0 Å². The number of hydrogen-bond acceptors (Lipinski definition) is 0. The largest absolute Gasteiger partial charge is 0.0654 e. The molecule has 0 aliphatic heterocycles. The van der Waals surface area contributed by atoms with Crippen LogP contribution in [-0.4, -0.2) is 0 Å². The van der Waals surface area contributed by atoms with E-state index in [1.165, 1.54) is 98.9 Å². The van der Waals surface area contributed by atoms with Gasteiger partial charge in [0.15, 0.2) is 0 Å². The lowest BCUT2D eigenvalue weighted by molar-refractivity contribution is 0.610. The molecule has 0 aliphatic rings. The SMILES string of the molecule is CCCCCCCC/C(Br)=C/C=C(\Br)CCCCCCCC. The highest BCUT2D eigenvalue weighted by molar-refractivity contribution is 9.12. The molecule has 0 bridgehead atoms. The Morgan fingerprint density at radius 1 is 0.545 bits per heavy atom. The monoisotopic (exact) mass is 434 g/mol. The van der Waals surface area contributed by atoms with Crippen LogP contribution in [0.5, 0.6) is 0 Å². The Morgan fingerprint density at radius 2 is 0.864 bits per heavy atom. The maximum atomic E-state index is 3.70. The quantitative estimate of drug-likeness (QED) is 0.177. The normalized spacial score (nSPS) is 12.9. The molecule has 0 spiro atoms. The Balaban J connectivity index is 3.62. The summed E-state index contributed by atoms with van der Waals surface area (Å²) in [5, 5.41) is 0. The van der Waals surface area contributed by atoms with Gasteiger partial charge in [-0.2, -0.15) is 0 Å². The van der Waals surface area contributed by atoms with Gasteiger partial charge in [-0.1, -0.05) is 122 Å². The topological polar surface area (TPSA) is 0 Å². The zero-order valence-electron chi connectivity index (χ0n) is 14.8. The maximum absolute atomic E-state index is 3.70. The van der Waals surface area contributed by atoms with Gasteiger partial charge in [-0.05, 0) is 34.6 Å². The molecule has 0 atom stereocenters. The number of unbranched alkanes of at least 4 members (excludes halogenated alkanes) is 10. The molecule has 130 valence electrons. The van der Waals surface area contributed by atoms with Crippen LogP contribution >= 0.6 is 31.9 Å². The highest BCUT2D eigenvalue weighted by atomic mass is 79.9. The smallest absolute Gasteiger partial charge is 0.00491 e. The molecule has 0 saturated heterocycles. The Labute approximate surface area is 156 Å². The summed E-state index contributed by atoms with van der Waals surface area (Å²) in [6, 6.07) is 0. The molecule has 0 radical (unpaired) electrons. The lowest BCUT2D eigenvalue weighted by atomic mass is 10.1. The molecule has 2 heteroatoms. The molecule has 0 N–H and O–H groups in total. The van der Waals surface area contributed by atoms with Gasteiger partial charge in [0.25, 0.3) is 0 Å². The Bertz CT molecular complexity index is 262. The van der Waals surface area contributed by atoms with Crippen molar-refractivity contribution in [1.82, 2.24) is 0 Å². The number of halogens is 2. The van der Waals surface area contributed by atoms with E-state index in [0.717, 1.165) is 0 Å². The second-order valence-electron chi connectivity index (χ2n) is 6.26. The Hall–Kier alpha value is 0.440. The van der Waals surface area contributed by atoms with Gasteiger partial charge in [0.1, 0.15) is 0 Å². The van der Waals surface area contributed by atoms with Gasteiger partial charge in [-0.3, -0.25) is 0 Å². The van der Waals surface area contributed by atoms with Crippen LogP contribution in [0.1, 0.15) is 104 Å². The Kier molecular flexibility index (Phi) is 18.1. The summed E-state index contributed by atoms with van der Waals surface area (Å²) < 4.78 is 2.67. The summed E-state index contributed by atoms with van der Waals surface area (Å²) in [4.78, 5) is 0. The zero-order chi connectivity index (χ0) is 16.5. The third kappa shape index (κ3) is 16.8. The predicted molar refractivity (Wildman–Crippen MR) is 110 cm³/mol. The van der Waals surface area contributed by atoms with E-state index >= 15 is 0 Å². The number of allylic oxidation sites excluding steroid dienone is 4. The molecule has 0 aromatic heterocycles. The van der Waals surface area contributed by atoms with Crippen molar-refractivity contribution in [3.8, 4) is 0 Å². The molecule has 22 heavy (non-hydrogen) atoms. The first kappa shape index (κ1) is 22.4. The van der Waals surface area contributed by atoms with Crippen LogP contribution < -0.4 is 0 Å². The van der Waals surface area contributed by atoms with E-state index in [1.807, 2.05) is 0 Å². The molecule has 0 unspecified atom stereocenters. The van der Waals surface area contributed by atoms with Gasteiger partial charge in [0.05, 0.1) is 0 Å². The molecule has 0 heterocycles. The van der Waals surface area contributed by atoms with Gasteiger partial charge in [0.2, 0.25) is 0 Å². The highest BCUT2D eigenvalue weighted by Gasteiger charge is 1.95. The summed E-state index contributed by atoms with van der Waals surface area (Å²) in [6.07, 6.45) is 23.2. The molecule has 0 aliphatic carbocycles. The van der Waals surface area contributed by atoms with Crippen LogP contribution in [0, 0.1) is 0 Å². The molecular weight excluding hydrogens is 400 g/mol. The molecule has 0 fully saturated rings. The minimum Gasteiger partial charge on any atom is -0.0654 e. The fourth-order valence-electron chi connectivity index (χ4n) is 2.50. The Morgan fingerprint density at radius 3 is 1.23 bits per heavy atom. The van der Waals surface area contributed by atoms with Crippen molar-refractivity contribution in [3.05, 3.63) is 21.1 Å². The molecular formula is C20H36Br2.